The van der Waals surface area contributed by atoms with Gasteiger partial charge in [0.15, 0.2) is 0 Å². The molecule has 26 heavy (non-hydrogen) atoms. The molecule has 1 aromatic carbocycles. The van der Waals surface area contributed by atoms with E-state index in [0.717, 1.165) is 49.9 Å². The third-order valence-electron chi connectivity index (χ3n) is 4.87. The first-order valence-electron chi connectivity index (χ1n) is 9.05. The molecule has 0 radical (unpaired) electrons. The van der Waals surface area contributed by atoms with E-state index in [4.69, 9.17) is 0 Å². The van der Waals surface area contributed by atoms with Crippen LogP contribution in [0.4, 0.5) is 10.1 Å². The predicted octanol–water partition coefficient (Wildman–Crippen LogP) is 1.90. The summed E-state index contributed by atoms with van der Waals surface area (Å²) in [6.45, 7) is 8.89. The van der Waals surface area contributed by atoms with Crippen molar-refractivity contribution in [1.29, 1.82) is 0 Å². The maximum Gasteiger partial charge on any atom is 0.228 e. The van der Waals surface area contributed by atoms with Crippen LogP contribution >= 0.6 is 0 Å². The number of benzene rings is 1. The Kier molecular flexibility index (Phi) is 5.88. The highest BCUT2D eigenvalue weighted by molar-refractivity contribution is 5.82. The average molecular weight is 359 g/mol. The third kappa shape index (κ3) is 4.60. The zero-order valence-electron chi connectivity index (χ0n) is 15.3. The lowest BCUT2D eigenvalue weighted by molar-refractivity contribution is -0.122. The van der Waals surface area contributed by atoms with Gasteiger partial charge in [-0.2, -0.15) is 0 Å². The van der Waals surface area contributed by atoms with Gasteiger partial charge in [-0.25, -0.2) is 9.37 Å². The van der Waals surface area contributed by atoms with Gasteiger partial charge < -0.3 is 15.2 Å². The van der Waals surface area contributed by atoms with Gasteiger partial charge in [0, 0.05) is 56.8 Å². The number of imidazole rings is 1. The quantitative estimate of drug-likeness (QED) is 0.827. The molecule has 1 unspecified atom stereocenters. The summed E-state index contributed by atoms with van der Waals surface area (Å²) in [6, 6.07) is 6.65. The maximum absolute atomic E-state index is 13.0. The van der Waals surface area contributed by atoms with Gasteiger partial charge in [-0.05, 0) is 38.1 Å². The molecule has 2 aromatic rings. The number of H-pyrrole nitrogens is 1. The van der Waals surface area contributed by atoms with Gasteiger partial charge in [-0.1, -0.05) is 0 Å². The number of piperazine rings is 1. The van der Waals surface area contributed by atoms with Crippen LogP contribution in [0.15, 0.2) is 30.5 Å². The highest BCUT2D eigenvalue weighted by Gasteiger charge is 2.19. The van der Waals surface area contributed by atoms with E-state index in [1.54, 1.807) is 6.20 Å². The molecular formula is C19H26FN5O. The number of nitrogens with one attached hydrogen (secondary N) is 2. The molecule has 1 amide bonds. The number of hydrogen-bond donors (Lipinski definition) is 2. The van der Waals surface area contributed by atoms with Crippen molar-refractivity contribution in [3.05, 3.63) is 47.8 Å². The molecule has 7 heteroatoms. The fourth-order valence-corrected chi connectivity index (χ4v) is 3.17. The SMILES string of the molecule is Cc1ncc(C(C)C(=O)NCCN2CCN(c3ccc(F)cc3)CC2)[nH]1. The summed E-state index contributed by atoms with van der Waals surface area (Å²) in [5.74, 6) is 0.395. The number of anilines is 1. The van der Waals surface area contributed by atoms with Crippen molar-refractivity contribution in [1.82, 2.24) is 20.2 Å². The lowest BCUT2D eigenvalue weighted by atomic mass is 10.1. The minimum Gasteiger partial charge on any atom is -0.369 e. The minimum atomic E-state index is -0.230. The molecule has 0 saturated carbocycles. The second-order valence-corrected chi connectivity index (χ2v) is 6.74. The lowest BCUT2D eigenvalue weighted by Crippen LogP contribution is -2.48. The molecule has 1 atom stereocenters. The number of aromatic amines is 1. The predicted molar refractivity (Wildman–Crippen MR) is 99.8 cm³/mol. The monoisotopic (exact) mass is 359 g/mol. The first-order chi connectivity index (χ1) is 12.5. The van der Waals surface area contributed by atoms with E-state index in [1.165, 1.54) is 12.1 Å². The van der Waals surface area contributed by atoms with E-state index in [2.05, 4.69) is 25.1 Å². The number of halogens is 1. The maximum atomic E-state index is 13.0. The zero-order valence-corrected chi connectivity index (χ0v) is 15.3. The van der Waals surface area contributed by atoms with Crippen LogP contribution in [-0.2, 0) is 4.79 Å². The summed E-state index contributed by atoms with van der Waals surface area (Å²) in [6.07, 6.45) is 1.72. The van der Waals surface area contributed by atoms with Crippen molar-refractivity contribution in [2.75, 3.05) is 44.2 Å². The topological polar surface area (TPSA) is 64.3 Å². The van der Waals surface area contributed by atoms with E-state index in [0.29, 0.717) is 6.54 Å². The summed E-state index contributed by atoms with van der Waals surface area (Å²) < 4.78 is 13.0. The minimum absolute atomic E-state index is 0.0126. The highest BCUT2D eigenvalue weighted by Crippen LogP contribution is 2.17. The molecule has 2 heterocycles. The van der Waals surface area contributed by atoms with Crippen LogP contribution in [-0.4, -0.2) is 60.0 Å². The molecule has 1 fully saturated rings. The number of rotatable bonds is 6. The van der Waals surface area contributed by atoms with Crippen LogP contribution in [0.25, 0.3) is 0 Å². The lowest BCUT2D eigenvalue weighted by Gasteiger charge is -2.36. The van der Waals surface area contributed by atoms with Crippen LogP contribution in [0.5, 0.6) is 0 Å². The van der Waals surface area contributed by atoms with Crippen molar-refractivity contribution in [3.63, 3.8) is 0 Å². The molecule has 1 aliphatic rings. The van der Waals surface area contributed by atoms with Gasteiger partial charge in [0.1, 0.15) is 11.6 Å². The normalized spacial score (nSPS) is 16.5. The number of nitrogens with zero attached hydrogens (tertiary/aromatic N) is 3. The Balaban J connectivity index is 1.38. The number of hydrogen-bond acceptors (Lipinski definition) is 4. The van der Waals surface area contributed by atoms with Crippen LogP contribution in [0, 0.1) is 12.7 Å². The number of aryl methyl sites for hydroxylation is 1. The van der Waals surface area contributed by atoms with Gasteiger partial charge in [0.25, 0.3) is 0 Å². The first-order valence-corrected chi connectivity index (χ1v) is 9.05. The Hall–Kier alpha value is -2.41. The van der Waals surface area contributed by atoms with Crippen molar-refractivity contribution < 1.29 is 9.18 Å². The molecule has 6 nitrogen and oxygen atoms in total. The van der Waals surface area contributed by atoms with Crippen LogP contribution in [0.1, 0.15) is 24.4 Å². The summed E-state index contributed by atoms with van der Waals surface area (Å²) >= 11 is 0. The summed E-state index contributed by atoms with van der Waals surface area (Å²) in [5, 5.41) is 3.00. The molecule has 0 spiro atoms. The molecule has 3 rings (SSSR count). The Morgan fingerprint density at radius 3 is 2.58 bits per heavy atom. The summed E-state index contributed by atoms with van der Waals surface area (Å²) in [4.78, 5) is 24.1. The van der Waals surface area contributed by atoms with E-state index in [-0.39, 0.29) is 17.6 Å². The van der Waals surface area contributed by atoms with Crippen LogP contribution < -0.4 is 10.2 Å². The number of carbonyl (C=O) groups is 1. The van der Waals surface area contributed by atoms with Crippen molar-refractivity contribution in [3.8, 4) is 0 Å². The molecule has 1 saturated heterocycles. The third-order valence-corrected chi connectivity index (χ3v) is 4.87. The average Bonchev–Trinajstić information content (AvgIpc) is 3.08. The smallest absolute Gasteiger partial charge is 0.228 e. The Bertz CT molecular complexity index is 722. The Morgan fingerprint density at radius 1 is 1.27 bits per heavy atom. The zero-order chi connectivity index (χ0) is 18.5. The van der Waals surface area contributed by atoms with Gasteiger partial charge in [-0.3, -0.25) is 9.69 Å². The standard InChI is InChI=1S/C19H26FN5O/c1-14(18-13-22-15(2)23-18)19(26)21-7-8-24-9-11-25(12-10-24)17-5-3-16(20)4-6-17/h3-6,13-14H,7-12H2,1-2H3,(H,21,26)(H,22,23). The van der Waals surface area contributed by atoms with E-state index < -0.39 is 0 Å². The van der Waals surface area contributed by atoms with Crippen LogP contribution in [0.3, 0.4) is 0 Å². The molecule has 0 aliphatic carbocycles. The van der Waals surface area contributed by atoms with Gasteiger partial charge in [0.05, 0.1) is 5.92 Å². The van der Waals surface area contributed by atoms with Crippen molar-refractivity contribution in [2.24, 2.45) is 0 Å². The molecular weight excluding hydrogens is 333 g/mol. The molecule has 0 bridgehead atoms. The first kappa shape index (κ1) is 18.4. The molecule has 140 valence electrons. The van der Waals surface area contributed by atoms with Crippen molar-refractivity contribution in [2.45, 2.75) is 19.8 Å². The largest absolute Gasteiger partial charge is 0.369 e. The van der Waals surface area contributed by atoms with E-state index in [9.17, 15) is 9.18 Å². The number of carbonyl (C=O) groups excluding carboxylic acids is 1. The van der Waals surface area contributed by atoms with E-state index >= 15 is 0 Å². The molecule has 1 aromatic heterocycles. The van der Waals surface area contributed by atoms with Gasteiger partial charge >= 0.3 is 0 Å². The fourth-order valence-electron chi connectivity index (χ4n) is 3.17. The number of amides is 1. The van der Waals surface area contributed by atoms with Crippen LogP contribution in [0.2, 0.25) is 0 Å². The fraction of sp³-hybridized carbons (Fsp3) is 0.474. The highest BCUT2D eigenvalue weighted by atomic mass is 19.1. The molecule has 1 aliphatic heterocycles. The number of aromatic nitrogens is 2. The summed E-state index contributed by atoms with van der Waals surface area (Å²) in [7, 11) is 0. The van der Waals surface area contributed by atoms with Crippen molar-refractivity contribution >= 4 is 11.6 Å². The Morgan fingerprint density at radius 2 is 1.96 bits per heavy atom. The van der Waals surface area contributed by atoms with E-state index in [1.807, 2.05) is 26.0 Å². The second-order valence-electron chi connectivity index (χ2n) is 6.74. The van der Waals surface area contributed by atoms with Gasteiger partial charge in [0.2, 0.25) is 5.91 Å². The summed E-state index contributed by atoms with van der Waals surface area (Å²) in [5.41, 5.74) is 1.90. The van der Waals surface area contributed by atoms with Gasteiger partial charge in [-0.15, -0.1) is 0 Å². The molecule has 2 N–H and O–H groups in total. The second kappa shape index (κ2) is 8.31. The Labute approximate surface area is 153 Å².